The molecule has 0 aliphatic rings. The minimum absolute atomic E-state index is 0. The summed E-state index contributed by atoms with van der Waals surface area (Å²) in [6.07, 6.45) is 2.96. The van der Waals surface area contributed by atoms with E-state index in [1.807, 2.05) is 6.92 Å². The van der Waals surface area contributed by atoms with Gasteiger partial charge in [-0.3, -0.25) is 0 Å². The van der Waals surface area contributed by atoms with Crippen LogP contribution in [0.4, 0.5) is 0 Å². The SMILES string of the molecule is C[C]([O])[CH][C](C)[N]CC(C)[N][C](C)[CH][C](C)[O].[67Cu+2]. The summed E-state index contributed by atoms with van der Waals surface area (Å²) in [5.41, 5.74) is 0. The molecule has 11 radical (unpaired) electrons. The zero-order chi connectivity index (χ0) is 13.4. The quantitative estimate of drug-likeness (QED) is 0.585. The second-order valence-electron chi connectivity index (χ2n) is 4.11. The van der Waals surface area contributed by atoms with Crippen molar-refractivity contribution < 1.29 is 27.3 Å². The van der Waals surface area contributed by atoms with Crippen LogP contribution in [0.3, 0.4) is 0 Å². The van der Waals surface area contributed by atoms with Crippen molar-refractivity contribution in [2.75, 3.05) is 6.54 Å². The third-order valence-electron chi connectivity index (χ3n) is 1.85. The third kappa shape index (κ3) is 12.8. The van der Waals surface area contributed by atoms with E-state index in [-0.39, 0.29) is 35.3 Å². The first-order valence-electron chi connectivity index (χ1n) is 5.57. The summed E-state index contributed by atoms with van der Waals surface area (Å²) in [5, 5.41) is 30.1. The van der Waals surface area contributed by atoms with Crippen molar-refractivity contribution in [1.29, 1.82) is 0 Å². The molecule has 0 aromatic carbocycles. The van der Waals surface area contributed by atoms with E-state index >= 15 is 0 Å². The Labute approximate surface area is 122 Å². The van der Waals surface area contributed by atoms with Crippen LogP contribution in [-0.2, 0) is 27.3 Å². The Morgan fingerprint density at radius 2 is 1.44 bits per heavy atom. The second-order valence-corrected chi connectivity index (χ2v) is 4.11. The molecule has 4 nitrogen and oxygen atoms in total. The number of hydrogen-bond donors (Lipinski definition) is 0. The molecule has 5 heteroatoms. The minimum Gasteiger partial charge on any atom is -0.231 e. The molecule has 0 aromatic rings. The van der Waals surface area contributed by atoms with Crippen molar-refractivity contribution >= 4 is 0 Å². The predicted octanol–water partition coefficient (Wildman–Crippen LogP) is 2.06. The maximum Gasteiger partial charge on any atom is 2.00 e. The van der Waals surface area contributed by atoms with Gasteiger partial charge in [0.1, 0.15) is 12.2 Å². The standard InChI is InChI=1S/C13H20N2O2.Cu/c1-9(6-12(4)16)14-8-11(3)15-10(2)7-13(5)17;/h6-7,11H,8H2,1-5H3;/q;+2/i;1+3. The van der Waals surface area contributed by atoms with Gasteiger partial charge in [0.25, 0.3) is 0 Å². The van der Waals surface area contributed by atoms with Crippen LogP contribution in [0.5, 0.6) is 0 Å². The molecule has 0 saturated carbocycles. The molecule has 18 heavy (non-hydrogen) atoms. The van der Waals surface area contributed by atoms with Crippen LogP contribution in [0.15, 0.2) is 0 Å². The number of hydrogen-bond acceptors (Lipinski definition) is 0. The second kappa shape index (κ2) is 11.2. The van der Waals surface area contributed by atoms with Crippen molar-refractivity contribution in [3.8, 4) is 0 Å². The average Bonchev–Trinajstić information content (AvgIpc) is 2.12. The molecular weight excluding hydrogens is 283 g/mol. The first kappa shape index (κ1) is 20.7. The van der Waals surface area contributed by atoms with Gasteiger partial charge in [-0.15, -0.1) is 0 Å². The Bertz CT molecular complexity index is 192. The van der Waals surface area contributed by atoms with Gasteiger partial charge >= 0.3 is 17.1 Å². The molecule has 0 aliphatic heterocycles. The van der Waals surface area contributed by atoms with Crippen molar-refractivity contribution in [2.45, 2.75) is 40.7 Å². The molecule has 0 aromatic heterocycles. The molecule has 0 bridgehead atoms. The Morgan fingerprint density at radius 3 is 1.89 bits per heavy atom. The predicted molar refractivity (Wildman–Crippen MR) is 64.2 cm³/mol. The van der Waals surface area contributed by atoms with Gasteiger partial charge in [-0.2, -0.15) is 0 Å². The van der Waals surface area contributed by atoms with Crippen molar-refractivity contribution in [3.63, 3.8) is 0 Å². The van der Waals surface area contributed by atoms with Crippen LogP contribution in [0.2, 0.25) is 0 Å². The zero-order valence-electron chi connectivity index (χ0n) is 11.5. The van der Waals surface area contributed by atoms with Crippen LogP contribution in [0.25, 0.3) is 0 Å². The Balaban J connectivity index is 0. The summed E-state index contributed by atoms with van der Waals surface area (Å²) in [6, 6.07) is 1.40. The number of nitrogens with zero attached hydrogens (tertiary/aromatic N) is 2. The summed E-state index contributed by atoms with van der Waals surface area (Å²) in [4.78, 5) is 0. The molecule has 0 N–H and O–H groups in total. The maximum atomic E-state index is 10.8. The fourth-order valence-corrected chi connectivity index (χ4v) is 1.34. The van der Waals surface area contributed by atoms with Gasteiger partial charge in [-0.1, -0.05) is 0 Å². The van der Waals surface area contributed by atoms with E-state index in [1.54, 1.807) is 13.8 Å². The van der Waals surface area contributed by atoms with E-state index in [9.17, 15) is 10.2 Å². The molecule has 0 amide bonds. The average molecular weight is 303 g/mol. The topological polar surface area (TPSA) is 68.0 Å². The molecule has 0 saturated heterocycles. The molecule has 0 heterocycles. The fourth-order valence-electron chi connectivity index (χ4n) is 1.34. The molecule has 1 atom stereocenters. The van der Waals surface area contributed by atoms with Crippen LogP contribution in [0.1, 0.15) is 34.6 Å². The zero-order valence-corrected chi connectivity index (χ0v) is 12.4. The van der Waals surface area contributed by atoms with Crippen molar-refractivity contribution in [2.24, 2.45) is 0 Å². The van der Waals surface area contributed by atoms with Gasteiger partial charge in [-0.05, 0) is 34.6 Å². The number of rotatable bonds is 9. The summed E-state index contributed by atoms with van der Waals surface area (Å²) in [7, 11) is 0. The summed E-state index contributed by atoms with van der Waals surface area (Å²) < 4.78 is 0. The van der Waals surface area contributed by atoms with Crippen LogP contribution in [0, 0.1) is 37.1 Å². The molecule has 0 fully saturated rings. The molecule has 1 unspecified atom stereocenters. The molecule has 0 spiro atoms. The fraction of sp³-hybridized carbons (Fsp3) is 0.538. The van der Waals surface area contributed by atoms with E-state index in [2.05, 4.69) is 10.6 Å². The van der Waals surface area contributed by atoms with Gasteiger partial charge in [0.15, 0.2) is 0 Å². The smallest absolute Gasteiger partial charge is 0.231 e. The Hall–Kier alpha value is 0.359. The van der Waals surface area contributed by atoms with E-state index in [1.165, 1.54) is 26.7 Å². The van der Waals surface area contributed by atoms with Crippen LogP contribution < -0.4 is 10.6 Å². The normalized spacial score (nSPS) is 13.5. The first-order valence-corrected chi connectivity index (χ1v) is 5.57. The monoisotopic (exact) mass is 303 g/mol. The summed E-state index contributed by atoms with van der Waals surface area (Å²) in [5.74, 6) is 0. The molecular formula is C13H20CuN2O2+2. The minimum atomic E-state index is -0.0111. The summed E-state index contributed by atoms with van der Waals surface area (Å²) >= 11 is 0. The van der Waals surface area contributed by atoms with Crippen molar-refractivity contribution in [1.82, 2.24) is 10.6 Å². The van der Waals surface area contributed by atoms with Gasteiger partial charge in [0.2, 0.25) is 0 Å². The van der Waals surface area contributed by atoms with Gasteiger partial charge < -0.3 is 0 Å². The van der Waals surface area contributed by atoms with Gasteiger partial charge in [0.05, 0.1) is 12.1 Å². The molecule has 0 aliphatic carbocycles. The van der Waals surface area contributed by atoms with Crippen molar-refractivity contribution in [3.05, 3.63) is 37.1 Å². The van der Waals surface area contributed by atoms with E-state index in [0.717, 1.165) is 0 Å². The van der Waals surface area contributed by atoms with E-state index in [4.69, 9.17) is 0 Å². The van der Waals surface area contributed by atoms with Gasteiger partial charge in [-0.25, -0.2) is 20.8 Å². The Morgan fingerprint density at radius 1 is 1.00 bits per heavy atom. The largest absolute Gasteiger partial charge is 2.00 e. The third-order valence-corrected chi connectivity index (χ3v) is 1.85. The van der Waals surface area contributed by atoms with E-state index < -0.39 is 0 Å². The van der Waals surface area contributed by atoms with Crippen LogP contribution in [-0.4, -0.2) is 12.6 Å². The Kier molecular flexibility index (Phi) is 12.9. The van der Waals surface area contributed by atoms with E-state index in [0.29, 0.717) is 18.6 Å². The summed E-state index contributed by atoms with van der Waals surface area (Å²) in [6.45, 7) is 8.99. The van der Waals surface area contributed by atoms with Crippen LogP contribution >= 0.6 is 0 Å². The maximum absolute atomic E-state index is 10.8. The molecule has 0 rings (SSSR count). The first-order chi connectivity index (χ1) is 7.81. The van der Waals surface area contributed by atoms with Gasteiger partial charge in [0, 0.05) is 25.4 Å². The molecule has 103 valence electrons.